The van der Waals surface area contributed by atoms with E-state index in [4.69, 9.17) is 0 Å². The number of carbonyl (C=O) groups excluding carboxylic acids is 3. The molecule has 0 radical (unpaired) electrons. The van der Waals surface area contributed by atoms with Crippen LogP contribution < -0.4 is 5.32 Å². The van der Waals surface area contributed by atoms with Gasteiger partial charge in [-0.15, -0.1) is 10.2 Å². The molecule has 23 heavy (non-hydrogen) atoms. The van der Waals surface area contributed by atoms with Crippen LogP contribution in [0.15, 0.2) is 24.3 Å². The first-order valence-corrected chi connectivity index (χ1v) is 8.43. The highest BCUT2D eigenvalue weighted by molar-refractivity contribution is 9.10. The van der Waals surface area contributed by atoms with Gasteiger partial charge in [-0.3, -0.25) is 24.6 Å². The van der Waals surface area contributed by atoms with Gasteiger partial charge in [-0.25, -0.2) is 0 Å². The van der Waals surface area contributed by atoms with E-state index in [1.54, 1.807) is 31.2 Å². The summed E-state index contributed by atoms with van der Waals surface area (Å²) >= 11 is 4.28. The van der Waals surface area contributed by atoms with Gasteiger partial charge in [-0.2, -0.15) is 0 Å². The first-order chi connectivity index (χ1) is 11.0. The third-order valence-electron chi connectivity index (χ3n) is 3.23. The SMILES string of the molecule is CC(Br)C(=O)Nc1nnc(CN2C(=O)c3ccccc3C2=O)s1. The zero-order valence-electron chi connectivity index (χ0n) is 11.9. The standard InChI is InChI=1S/C14H11BrN4O3S/c1-7(15)11(20)16-14-18-17-10(23-14)6-19-12(21)8-4-2-3-5-9(8)13(19)22/h2-5,7H,6H2,1H3,(H,16,18,20). The lowest BCUT2D eigenvalue weighted by atomic mass is 10.1. The maximum absolute atomic E-state index is 12.3. The Labute approximate surface area is 143 Å². The van der Waals surface area contributed by atoms with Crippen molar-refractivity contribution in [2.24, 2.45) is 0 Å². The summed E-state index contributed by atoms with van der Waals surface area (Å²) < 4.78 is 0. The van der Waals surface area contributed by atoms with Crippen molar-refractivity contribution in [3.05, 3.63) is 40.4 Å². The first kappa shape index (κ1) is 15.8. The van der Waals surface area contributed by atoms with Gasteiger partial charge in [0.15, 0.2) is 0 Å². The summed E-state index contributed by atoms with van der Waals surface area (Å²) in [7, 11) is 0. The van der Waals surface area contributed by atoms with Crippen LogP contribution in [0.3, 0.4) is 0 Å². The summed E-state index contributed by atoms with van der Waals surface area (Å²) in [5, 5.41) is 11.2. The second-order valence-electron chi connectivity index (χ2n) is 4.85. The lowest BCUT2D eigenvalue weighted by Gasteiger charge is -2.10. The van der Waals surface area contributed by atoms with Crippen molar-refractivity contribution in [1.82, 2.24) is 15.1 Å². The van der Waals surface area contributed by atoms with Gasteiger partial charge in [0, 0.05) is 0 Å². The molecule has 3 amide bonds. The minimum absolute atomic E-state index is 0.0315. The zero-order valence-corrected chi connectivity index (χ0v) is 14.3. The third kappa shape index (κ3) is 3.02. The molecule has 1 unspecified atom stereocenters. The van der Waals surface area contributed by atoms with Crippen molar-refractivity contribution in [3.63, 3.8) is 0 Å². The van der Waals surface area contributed by atoms with Crippen LogP contribution in [-0.4, -0.2) is 37.6 Å². The van der Waals surface area contributed by atoms with Crippen molar-refractivity contribution in [2.45, 2.75) is 18.3 Å². The molecule has 0 saturated heterocycles. The fourth-order valence-electron chi connectivity index (χ4n) is 2.09. The highest BCUT2D eigenvalue weighted by Gasteiger charge is 2.35. The van der Waals surface area contributed by atoms with Crippen molar-refractivity contribution in [3.8, 4) is 0 Å². The molecule has 1 aliphatic rings. The molecule has 9 heteroatoms. The molecule has 118 valence electrons. The van der Waals surface area contributed by atoms with Crippen LogP contribution in [-0.2, 0) is 11.3 Å². The van der Waals surface area contributed by atoms with E-state index in [0.717, 1.165) is 16.2 Å². The number of fused-ring (bicyclic) bond motifs is 1. The summed E-state index contributed by atoms with van der Waals surface area (Å²) in [6, 6.07) is 6.68. The van der Waals surface area contributed by atoms with Crippen molar-refractivity contribution in [2.75, 3.05) is 5.32 Å². The molecule has 1 aromatic heterocycles. The second kappa shape index (κ2) is 6.17. The molecule has 2 aromatic rings. The Morgan fingerprint density at radius 1 is 1.26 bits per heavy atom. The van der Waals surface area contributed by atoms with Crippen molar-refractivity contribution < 1.29 is 14.4 Å². The van der Waals surface area contributed by atoms with Crippen LogP contribution in [0.4, 0.5) is 5.13 Å². The summed E-state index contributed by atoms with van der Waals surface area (Å²) in [5.41, 5.74) is 0.785. The summed E-state index contributed by atoms with van der Waals surface area (Å²) in [4.78, 5) is 36.9. The van der Waals surface area contributed by atoms with E-state index in [0.29, 0.717) is 21.3 Å². The van der Waals surface area contributed by atoms with Crippen LogP contribution in [0.1, 0.15) is 32.6 Å². The van der Waals surface area contributed by atoms with Crippen LogP contribution in [0.25, 0.3) is 0 Å². The van der Waals surface area contributed by atoms with E-state index < -0.39 is 0 Å². The average Bonchev–Trinajstić information content (AvgIpc) is 3.06. The number of alkyl halides is 1. The maximum Gasteiger partial charge on any atom is 0.261 e. The lowest BCUT2D eigenvalue weighted by molar-refractivity contribution is -0.115. The number of halogens is 1. The Hall–Kier alpha value is -2.13. The predicted molar refractivity (Wildman–Crippen MR) is 87.6 cm³/mol. The summed E-state index contributed by atoms with van der Waals surface area (Å²) in [5.74, 6) is -0.936. The van der Waals surface area contributed by atoms with Gasteiger partial charge in [-0.1, -0.05) is 39.4 Å². The number of imide groups is 1. The second-order valence-corrected chi connectivity index (χ2v) is 7.28. The number of hydrogen-bond acceptors (Lipinski definition) is 6. The van der Waals surface area contributed by atoms with Crippen LogP contribution in [0.5, 0.6) is 0 Å². The quantitative estimate of drug-likeness (QED) is 0.632. The topological polar surface area (TPSA) is 92.3 Å². The molecule has 1 N–H and O–H groups in total. The molecule has 0 fully saturated rings. The number of aromatic nitrogens is 2. The first-order valence-electron chi connectivity index (χ1n) is 6.70. The van der Waals surface area contributed by atoms with Gasteiger partial charge < -0.3 is 0 Å². The number of rotatable bonds is 4. The Bertz CT molecular complexity index is 770. The van der Waals surface area contributed by atoms with E-state index in [1.165, 1.54) is 0 Å². The monoisotopic (exact) mass is 394 g/mol. The zero-order chi connectivity index (χ0) is 16.6. The van der Waals surface area contributed by atoms with Crippen molar-refractivity contribution >= 4 is 50.1 Å². The minimum atomic E-state index is -0.355. The van der Waals surface area contributed by atoms with Gasteiger partial charge in [0.05, 0.1) is 22.5 Å². The highest BCUT2D eigenvalue weighted by Crippen LogP contribution is 2.26. The number of nitrogens with one attached hydrogen (secondary N) is 1. The Morgan fingerprint density at radius 3 is 2.43 bits per heavy atom. The molecule has 3 rings (SSSR count). The summed E-state index contributed by atoms with van der Waals surface area (Å²) in [6.45, 7) is 1.72. The predicted octanol–water partition coefficient (Wildman–Crippen LogP) is 2.06. The molecule has 0 bridgehead atoms. The van der Waals surface area contributed by atoms with Crippen LogP contribution >= 0.6 is 27.3 Å². The van der Waals surface area contributed by atoms with E-state index >= 15 is 0 Å². The number of benzene rings is 1. The summed E-state index contributed by atoms with van der Waals surface area (Å²) in [6.07, 6.45) is 0. The smallest absolute Gasteiger partial charge is 0.261 e. The normalized spacial score (nSPS) is 14.8. The van der Waals surface area contributed by atoms with Gasteiger partial charge in [-0.05, 0) is 19.1 Å². The fourth-order valence-corrected chi connectivity index (χ4v) is 2.94. The molecule has 1 aliphatic heterocycles. The van der Waals surface area contributed by atoms with Gasteiger partial charge in [0.2, 0.25) is 11.0 Å². The molecule has 0 aliphatic carbocycles. The third-order valence-corrected chi connectivity index (χ3v) is 4.47. The van der Waals surface area contributed by atoms with Gasteiger partial charge in [0.25, 0.3) is 11.8 Å². The molecule has 7 nitrogen and oxygen atoms in total. The number of nitrogens with zero attached hydrogens (tertiary/aromatic N) is 3. The molecular weight excluding hydrogens is 384 g/mol. The number of anilines is 1. The Morgan fingerprint density at radius 2 is 1.87 bits per heavy atom. The van der Waals surface area contributed by atoms with Crippen LogP contribution in [0, 0.1) is 0 Å². The molecule has 0 saturated carbocycles. The highest BCUT2D eigenvalue weighted by atomic mass is 79.9. The molecule has 1 atom stereocenters. The molecule has 1 aromatic carbocycles. The molecular formula is C14H11BrN4O3S. The number of hydrogen-bond donors (Lipinski definition) is 1. The number of carbonyl (C=O) groups is 3. The minimum Gasteiger partial charge on any atom is -0.300 e. The van der Waals surface area contributed by atoms with Gasteiger partial charge >= 0.3 is 0 Å². The fraction of sp³-hybridized carbons (Fsp3) is 0.214. The van der Waals surface area contributed by atoms with E-state index in [2.05, 4.69) is 31.4 Å². The maximum atomic E-state index is 12.3. The van der Waals surface area contributed by atoms with E-state index in [9.17, 15) is 14.4 Å². The largest absolute Gasteiger partial charge is 0.300 e. The average molecular weight is 395 g/mol. The van der Waals surface area contributed by atoms with E-state index in [-0.39, 0.29) is 29.1 Å². The Kier molecular flexibility index (Phi) is 4.22. The van der Waals surface area contributed by atoms with Gasteiger partial charge in [0.1, 0.15) is 5.01 Å². The van der Waals surface area contributed by atoms with Crippen LogP contribution in [0.2, 0.25) is 0 Å². The molecule has 2 heterocycles. The Balaban J connectivity index is 1.74. The number of amides is 3. The molecule has 0 spiro atoms. The van der Waals surface area contributed by atoms with E-state index in [1.807, 2.05) is 0 Å². The lowest BCUT2D eigenvalue weighted by Crippen LogP contribution is -2.29. The van der Waals surface area contributed by atoms with Crippen molar-refractivity contribution in [1.29, 1.82) is 0 Å².